The van der Waals surface area contributed by atoms with Crippen molar-refractivity contribution in [3.63, 3.8) is 0 Å². The summed E-state index contributed by atoms with van der Waals surface area (Å²) in [5.74, 6) is -0.0569. The molecule has 0 aliphatic carbocycles. The van der Waals surface area contributed by atoms with Gasteiger partial charge in [-0.3, -0.25) is 14.8 Å². The zero-order valence-corrected chi connectivity index (χ0v) is 19.7. The number of H-pyrrole nitrogens is 1. The molecule has 1 aliphatic rings. The minimum absolute atomic E-state index is 0.00878. The van der Waals surface area contributed by atoms with E-state index in [-0.39, 0.29) is 23.5 Å². The van der Waals surface area contributed by atoms with Crippen LogP contribution in [0.4, 0.5) is 0 Å². The Labute approximate surface area is 187 Å². The summed E-state index contributed by atoms with van der Waals surface area (Å²) in [6.07, 6.45) is 3.52. The highest BCUT2D eigenvalue weighted by Gasteiger charge is 2.31. The third kappa shape index (κ3) is 4.66. The molecule has 3 aromatic heterocycles. The maximum Gasteiger partial charge on any atom is 0.262 e. The van der Waals surface area contributed by atoms with Crippen LogP contribution in [0.15, 0.2) is 24.5 Å². The fraction of sp³-hybridized carbons (Fsp3) is 0.522. The van der Waals surface area contributed by atoms with Gasteiger partial charge in [0.1, 0.15) is 9.71 Å². The molecule has 0 aromatic carbocycles. The van der Waals surface area contributed by atoms with E-state index in [0.717, 1.165) is 41.1 Å². The number of morpholine rings is 1. The summed E-state index contributed by atoms with van der Waals surface area (Å²) in [5.41, 5.74) is 3.34. The smallest absolute Gasteiger partial charge is 0.262 e. The number of carbonyl (C=O) groups is 1. The molecule has 0 bridgehead atoms. The van der Waals surface area contributed by atoms with Crippen LogP contribution in [0.5, 0.6) is 0 Å². The molecule has 1 fully saturated rings. The Hall–Kier alpha value is -2.29. The highest BCUT2D eigenvalue weighted by atomic mass is 32.1. The molecule has 1 atom stereocenters. The predicted octanol–water partition coefficient (Wildman–Crippen LogP) is 4.03. The normalized spacial score (nSPS) is 18.1. The molecule has 7 nitrogen and oxygen atoms in total. The lowest BCUT2D eigenvalue weighted by Gasteiger charge is -2.34. The molecule has 1 saturated heterocycles. The number of carbonyl (C=O) groups excluding carboxylic acids is 1. The van der Waals surface area contributed by atoms with Gasteiger partial charge in [0.2, 0.25) is 0 Å². The zero-order valence-electron chi connectivity index (χ0n) is 18.9. The van der Waals surface area contributed by atoms with Gasteiger partial charge in [0.05, 0.1) is 18.9 Å². The number of fused-ring (bicyclic) bond motifs is 1. The van der Waals surface area contributed by atoms with E-state index in [9.17, 15) is 4.79 Å². The first-order valence-corrected chi connectivity index (χ1v) is 11.6. The number of thiophene rings is 1. The lowest BCUT2D eigenvalue weighted by molar-refractivity contribution is -0.0324. The number of aromatic amines is 1. The lowest BCUT2D eigenvalue weighted by Crippen LogP contribution is -2.39. The standard InChI is InChI=1S/C23H31N5O2S/c1-14(2)26-21(29)19-18(16-7-6-8-24-22(16)31-19)17-13-28(9-10-30-17)12-15-11-25-27-20(15)23(3,4)5/h6-8,11,14,17H,9-10,12-13H2,1-5H3,(H,25,27)(H,26,29)/t17-/m1/s1. The summed E-state index contributed by atoms with van der Waals surface area (Å²) in [6.45, 7) is 13.5. The van der Waals surface area contributed by atoms with Crippen LogP contribution in [0.2, 0.25) is 0 Å². The van der Waals surface area contributed by atoms with Crippen molar-refractivity contribution >= 4 is 27.5 Å². The van der Waals surface area contributed by atoms with Crippen molar-refractivity contribution in [2.75, 3.05) is 19.7 Å². The molecule has 8 heteroatoms. The van der Waals surface area contributed by atoms with E-state index < -0.39 is 0 Å². The van der Waals surface area contributed by atoms with Crippen molar-refractivity contribution in [3.8, 4) is 0 Å². The Morgan fingerprint density at radius 3 is 2.97 bits per heavy atom. The molecule has 0 spiro atoms. The van der Waals surface area contributed by atoms with E-state index in [1.807, 2.05) is 32.2 Å². The average Bonchev–Trinajstić information content (AvgIpc) is 3.32. The van der Waals surface area contributed by atoms with Crippen molar-refractivity contribution < 1.29 is 9.53 Å². The van der Waals surface area contributed by atoms with Crippen LogP contribution in [0.1, 0.15) is 67.2 Å². The third-order valence-electron chi connectivity index (χ3n) is 5.47. The maximum absolute atomic E-state index is 13.0. The molecular formula is C23H31N5O2S. The molecule has 0 saturated carbocycles. The first-order chi connectivity index (χ1) is 14.7. The van der Waals surface area contributed by atoms with Crippen LogP contribution in [0.25, 0.3) is 10.2 Å². The molecule has 1 aliphatic heterocycles. The molecule has 166 valence electrons. The summed E-state index contributed by atoms with van der Waals surface area (Å²) in [5, 5.41) is 11.5. The first kappa shape index (κ1) is 21.9. The minimum Gasteiger partial charge on any atom is -0.371 e. The summed E-state index contributed by atoms with van der Waals surface area (Å²) in [7, 11) is 0. The van der Waals surface area contributed by atoms with Gasteiger partial charge in [0.15, 0.2) is 0 Å². The third-order valence-corrected chi connectivity index (χ3v) is 6.59. The van der Waals surface area contributed by atoms with Crippen LogP contribution in [-0.2, 0) is 16.7 Å². The van der Waals surface area contributed by atoms with Crippen molar-refractivity contribution in [1.29, 1.82) is 0 Å². The van der Waals surface area contributed by atoms with Gasteiger partial charge >= 0.3 is 0 Å². The number of rotatable bonds is 5. The van der Waals surface area contributed by atoms with E-state index in [0.29, 0.717) is 11.5 Å². The van der Waals surface area contributed by atoms with Gasteiger partial charge in [-0.2, -0.15) is 5.10 Å². The van der Waals surface area contributed by atoms with E-state index >= 15 is 0 Å². The summed E-state index contributed by atoms with van der Waals surface area (Å²) in [4.78, 5) is 21.4. The van der Waals surface area contributed by atoms with Crippen LogP contribution < -0.4 is 5.32 Å². The quantitative estimate of drug-likeness (QED) is 0.625. The predicted molar refractivity (Wildman–Crippen MR) is 123 cm³/mol. The number of ether oxygens (including phenoxy) is 1. The number of hydrogen-bond donors (Lipinski definition) is 2. The number of aromatic nitrogens is 3. The second-order valence-corrected chi connectivity index (χ2v) is 10.4. The molecule has 4 rings (SSSR count). The van der Waals surface area contributed by atoms with Gasteiger partial charge in [-0.15, -0.1) is 11.3 Å². The SMILES string of the molecule is CC(C)NC(=O)c1sc2ncccc2c1[C@H]1CN(Cc2cn[nH]c2C(C)(C)C)CCO1. The fourth-order valence-corrected chi connectivity index (χ4v) is 5.21. The molecule has 3 aromatic rings. The van der Waals surface area contributed by atoms with E-state index in [4.69, 9.17) is 4.74 Å². The number of pyridine rings is 1. The molecule has 0 unspecified atom stereocenters. The van der Waals surface area contributed by atoms with Crippen molar-refractivity contribution in [2.45, 2.75) is 58.7 Å². The molecular weight excluding hydrogens is 410 g/mol. The number of nitrogens with zero attached hydrogens (tertiary/aromatic N) is 3. The maximum atomic E-state index is 13.0. The highest BCUT2D eigenvalue weighted by molar-refractivity contribution is 7.20. The molecule has 31 heavy (non-hydrogen) atoms. The lowest BCUT2D eigenvalue weighted by atomic mass is 9.89. The summed E-state index contributed by atoms with van der Waals surface area (Å²) in [6, 6.07) is 4.03. The molecule has 2 N–H and O–H groups in total. The average molecular weight is 442 g/mol. The van der Waals surface area contributed by atoms with Crippen LogP contribution in [0, 0.1) is 0 Å². The highest BCUT2D eigenvalue weighted by Crippen LogP contribution is 2.37. The zero-order chi connectivity index (χ0) is 22.2. The minimum atomic E-state index is -0.176. The number of hydrogen-bond acceptors (Lipinski definition) is 6. The van der Waals surface area contributed by atoms with Gasteiger partial charge in [-0.1, -0.05) is 26.8 Å². The van der Waals surface area contributed by atoms with Gasteiger partial charge in [-0.05, 0) is 19.9 Å². The Balaban J connectivity index is 1.63. The van der Waals surface area contributed by atoms with Crippen LogP contribution in [0.3, 0.4) is 0 Å². The topological polar surface area (TPSA) is 83.1 Å². The monoisotopic (exact) mass is 441 g/mol. The fourth-order valence-electron chi connectivity index (χ4n) is 4.11. The first-order valence-electron chi connectivity index (χ1n) is 10.8. The molecule has 1 amide bonds. The molecule has 0 radical (unpaired) electrons. The molecule has 4 heterocycles. The second kappa shape index (κ2) is 8.68. The van der Waals surface area contributed by atoms with Crippen LogP contribution in [-0.4, -0.2) is 51.7 Å². The van der Waals surface area contributed by atoms with E-state index in [1.54, 1.807) is 6.20 Å². The Bertz CT molecular complexity index is 1070. The Morgan fingerprint density at radius 2 is 2.23 bits per heavy atom. The van der Waals surface area contributed by atoms with Crippen LogP contribution >= 0.6 is 11.3 Å². The van der Waals surface area contributed by atoms with Gasteiger partial charge in [0.25, 0.3) is 5.91 Å². The number of amides is 1. The summed E-state index contributed by atoms with van der Waals surface area (Å²) >= 11 is 1.44. The van der Waals surface area contributed by atoms with Crippen molar-refractivity contribution in [3.05, 3.63) is 46.2 Å². The summed E-state index contributed by atoms with van der Waals surface area (Å²) < 4.78 is 6.21. The Morgan fingerprint density at radius 1 is 1.42 bits per heavy atom. The van der Waals surface area contributed by atoms with Gasteiger partial charge in [0, 0.05) is 59.5 Å². The largest absolute Gasteiger partial charge is 0.371 e. The second-order valence-electron chi connectivity index (χ2n) is 9.44. The van der Waals surface area contributed by atoms with Gasteiger partial charge in [-0.25, -0.2) is 4.98 Å². The van der Waals surface area contributed by atoms with E-state index in [2.05, 4.69) is 46.2 Å². The number of nitrogens with one attached hydrogen (secondary N) is 2. The Kier molecular flexibility index (Phi) is 6.14. The van der Waals surface area contributed by atoms with Gasteiger partial charge < -0.3 is 10.1 Å². The van der Waals surface area contributed by atoms with Crippen molar-refractivity contribution in [2.24, 2.45) is 0 Å². The van der Waals surface area contributed by atoms with Crippen molar-refractivity contribution in [1.82, 2.24) is 25.4 Å². The van der Waals surface area contributed by atoms with E-state index in [1.165, 1.54) is 16.9 Å².